The van der Waals surface area contributed by atoms with Crippen molar-refractivity contribution in [1.82, 2.24) is 14.7 Å². The predicted octanol–water partition coefficient (Wildman–Crippen LogP) is 3.42. The first-order chi connectivity index (χ1) is 14.4. The van der Waals surface area contributed by atoms with E-state index in [-0.39, 0.29) is 17.1 Å². The van der Waals surface area contributed by atoms with E-state index in [1.54, 1.807) is 18.2 Å². The van der Waals surface area contributed by atoms with Gasteiger partial charge in [-0.3, -0.25) is 4.79 Å². The molecule has 0 saturated carbocycles. The van der Waals surface area contributed by atoms with Gasteiger partial charge >= 0.3 is 27.2 Å². The van der Waals surface area contributed by atoms with Crippen LogP contribution in [0, 0.1) is 0 Å². The van der Waals surface area contributed by atoms with Gasteiger partial charge in [0, 0.05) is 11.9 Å². The van der Waals surface area contributed by atoms with Crippen molar-refractivity contribution in [2.45, 2.75) is 18.2 Å². The van der Waals surface area contributed by atoms with Crippen LogP contribution in [0.25, 0.3) is 11.0 Å². The van der Waals surface area contributed by atoms with Crippen LogP contribution in [-0.4, -0.2) is 35.6 Å². The second-order valence-corrected chi connectivity index (χ2v) is 8.29. The van der Waals surface area contributed by atoms with Gasteiger partial charge in [-0.15, -0.1) is 0 Å². The largest absolute Gasteiger partial charge is 0.516 e. The van der Waals surface area contributed by atoms with Gasteiger partial charge in [-0.2, -0.15) is 21.6 Å². The molecule has 0 radical (unpaired) electrons. The van der Waals surface area contributed by atoms with E-state index in [0.29, 0.717) is 10.5 Å². The molecular weight excluding hydrogens is 463 g/mol. The van der Waals surface area contributed by atoms with Crippen LogP contribution in [0.2, 0.25) is 5.02 Å². The molecule has 1 atom stereocenters. The Kier molecular flexibility index (Phi) is 5.96. The molecule has 0 bridgehead atoms. The Morgan fingerprint density at radius 3 is 2.39 bits per heavy atom. The van der Waals surface area contributed by atoms with Gasteiger partial charge in [0.25, 0.3) is 0 Å². The number of aromatic nitrogens is 2. The molecule has 31 heavy (non-hydrogen) atoms. The molecule has 2 aromatic carbocycles. The second kappa shape index (κ2) is 8.19. The van der Waals surface area contributed by atoms with Crippen molar-refractivity contribution < 1.29 is 35.9 Å². The fraction of sp³-hybridized carbons (Fsp3) is 0.167. The number of amides is 1. The summed E-state index contributed by atoms with van der Waals surface area (Å²) < 4.78 is 72.7. The van der Waals surface area contributed by atoms with Gasteiger partial charge in [0.1, 0.15) is 5.75 Å². The molecule has 3 rings (SSSR count). The number of para-hydroxylation sites is 1. The molecule has 1 unspecified atom stereocenters. The number of carbonyl (C=O) groups is 1. The maximum absolute atomic E-state index is 12.7. The minimum atomic E-state index is -6.02. The lowest BCUT2D eigenvalue weighted by Crippen LogP contribution is -2.56. The number of halogens is 4. The number of ether oxygens (including phenoxy) is 2. The molecule has 1 heterocycles. The van der Waals surface area contributed by atoms with Crippen molar-refractivity contribution in [1.29, 1.82) is 0 Å². The topological polar surface area (TPSA) is 107 Å². The molecule has 13 heteroatoms. The van der Waals surface area contributed by atoms with Crippen molar-refractivity contribution in [2.24, 2.45) is 0 Å². The van der Waals surface area contributed by atoms with Gasteiger partial charge in [-0.05, 0) is 30.3 Å². The predicted molar refractivity (Wildman–Crippen MR) is 104 cm³/mol. The Hall–Kier alpha value is -3.12. The van der Waals surface area contributed by atoms with Crippen LogP contribution >= 0.6 is 11.6 Å². The number of carbonyl (C=O) groups excluding carboxylic acids is 1. The average molecular weight is 476 g/mol. The smallest absolute Gasteiger partial charge is 0.444 e. The average Bonchev–Trinajstić information content (AvgIpc) is 2.67. The minimum Gasteiger partial charge on any atom is -0.444 e. The fourth-order valence-electron chi connectivity index (χ4n) is 2.32. The highest BCUT2D eigenvalue weighted by Crippen LogP contribution is 2.26. The van der Waals surface area contributed by atoms with E-state index in [1.165, 1.54) is 30.3 Å². The molecule has 0 aliphatic heterocycles. The number of hydrogen-bond donors (Lipinski definition) is 1. The van der Waals surface area contributed by atoms with Crippen LogP contribution in [0.3, 0.4) is 0 Å². The summed E-state index contributed by atoms with van der Waals surface area (Å²) >= 11 is 5.91. The van der Waals surface area contributed by atoms with E-state index in [1.807, 2.05) is 0 Å². The molecular formula is C18H13ClF3N3O5S. The van der Waals surface area contributed by atoms with Crippen molar-refractivity contribution in [3.8, 4) is 11.6 Å². The third-order valence-electron chi connectivity index (χ3n) is 3.78. The standard InChI is InChI=1S/C18H13ClF3N3O5S/c1-17(29-12-5-3-2-4-6-12,16(26)25-31(27,28)18(20,21)22)30-15-10-23-13-8-7-11(19)9-14(13)24-15/h2-10H,1H3,(H,25,26). The fourth-order valence-corrected chi connectivity index (χ4v) is 3.03. The highest BCUT2D eigenvalue weighted by atomic mass is 35.5. The number of sulfonamides is 1. The summed E-state index contributed by atoms with van der Waals surface area (Å²) in [4.78, 5) is 20.7. The van der Waals surface area contributed by atoms with Crippen LogP contribution in [-0.2, 0) is 14.8 Å². The summed E-state index contributed by atoms with van der Waals surface area (Å²) in [5.41, 5.74) is -5.04. The molecule has 0 aliphatic carbocycles. The van der Waals surface area contributed by atoms with Crippen molar-refractivity contribution in [2.75, 3.05) is 0 Å². The summed E-state index contributed by atoms with van der Waals surface area (Å²) in [5.74, 6) is -4.61. The Morgan fingerprint density at radius 2 is 1.74 bits per heavy atom. The van der Waals surface area contributed by atoms with Crippen molar-refractivity contribution >= 4 is 38.6 Å². The Labute approximate surface area is 179 Å². The van der Waals surface area contributed by atoms with Crippen molar-refractivity contribution in [3.05, 3.63) is 59.8 Å². The molecule has 0 spiro atoms. The number of rotatable bonds is 6. The SMILES string of the molecule is CC(Oc1ccccc1)(Oc1cnc2ccc(Cl)cc2n1)C(=O)NS(=O)(=O)C(F)(F)F. The second-order valence-electron chi connectivity index (χ2n) is 6.18. The van der Waals surface area contributed by atoms with Gasteiger partial charge in [0.2, 0.25) is 5.88 Å². The molecule has 1 N–H and O–H groups in total. The van der Waals surface area contributed by atoms with E-state index >= 15 is 0 Å². The lowest BCUT2D eigenvalue weighted by atomic mass is 10.3. The van der Waals surface area contributed by atoms with Gasteiger partial charge in [-0.25, -0.2) is 14.7 Å². The summed E-state index contributed by atoms with van der Waals surface area (Å²) in [6, 6.07) is 12.0. The highest BCUT2D eigenvalue weighted by molar-refractivity contribution is 7.90. The minimum absolute atomic E-state index is 0.0151. The first-order valence-corrected chi connectivity index (χ1v) is 10.2. The molecule has 1 amide bonds. The summed E-state index contributed by atoms with van der Waals surface area (Å²) in [5, 5.41) is 0.330. The molecule has 8 nitrogen and oxygen atoms in total. The van der Waals surface area contributed by atoms with Gasteiger partial charge in [0.15, 0.2) is 0 Å². The van der Waals surface area contributed by atoms with Crippen molar-refractivity contribution in [3.63, 3.8) is 0 Å². The Balaban J connectivity index is 1.98. The molecule has 164 valence electrons. The first-order valence-electron chi connectivity index (χ1n) is 8.38. The quantitative estimate of drug-likeness (QED) is 0.544. The zero-order chi connectivity index (χ0) is 22.9. The summed E-state index contributed by atoms with van der Waals surface area (Å²) in [6.45, 7) is 0.936. The van der Waals surface area contributed by atoms with E-state index in [2.05, 4.69) is 9.97 Å². The third-order valence-corrected chi connectivity index (χ3v) is 5.08. The maximum atomic E-state index is 12.7. The molecule has 0 fully saturated rings. The monoisotopic (exact) mass is 475 g/mol. The number of alkyl halides is 3. The van der Waals surface area contributed by atoms with Crippen LogP contribution in [0.4, 0.5) is 13.2 Å². The van der Waals surface area contributed by atoms with E-state index < -0.39 is 27.2 Å². The van der Waals surface area contributed by atoms with Gasteiger partial charge in [0.05, 0.1) is 17.2 Å². The van der Waals surface area contributed by atoms with Crippen LogP contribution in [0.5, 0.6) is 11.6 Å². The zero-order valence-electron chi connectivity index (χ0n) is 15.6. The van der Waals surface area contributed by atoms with E-state index in [0.717, 1.165) is 17.8 Å². The number of nitrogens with zero attached hydrogens (tertiary/aromatic N) is 2. The number of benzene rings is 2. The molecule has 0 saturated heterocycles. The molecule has 1 aromatic heterocycles. The number of nitrogens with one attached hydrogen (secondary N) is 1. The first kappa shape index (κ1) is 22.6. The zero-order valence-corrected chi connectivity index (χ0v) is 17.1. The number of fused-ring (bicyclic) bond motifs is 1. The molecule has 0 aliphatic rings. The maximum Gasteiger partial charge on any atom is 0.516 e. The number of hydrogen-bond acceptors (Lipinski definition) is 7. The van der Waals surface area contributed by atoms with E-state index in [9.17, 15) is 26.4 Å². The third kappa shape index (κ3) is 5.14. The lowest BCUT2D eigenvalue weighted by molar-refractivity contribution is -0.161. The summed E-state index contributed by atoms with van der Waals surface area (Å²) in [6.07, 6.45) is 1.09. The Bertz CT molecular complexity index is 1230. The lowest BCUT2D eigenvalue weighted by Gasteiger charge is -2.29. The normalized spacial score (nSPS) is 14.0. The van der Waals surface area contributed by atoms with Crippen LogP contribution in [0.1, 0.15) is 6.92 Å². The van der Waals surface area contributed by atoms with Gasteiger partial charge < -0.3 is 9.47 Å². The van der Waals surface area contributed by atoms with Gasteiger partial charge in [-0.1, -0.05) is 29.8 Å². The summed E-state index contributed by atoms with van der Waals surface area (Å²) in [7, 11) is -6.02. The highest BCUT2D eigenvalue weighted by Gasteiger charge is 2.51. The van der Waals surface area contributed by atoms with E-state index in [4.69, 9.17) is 21.1 Å². The van der Waals surface area contributed by atoms with Crippen LogP contribution < -0.4 is 14.2 Å². The van der Waals surface area contributed by atoms with Crippen LogP contribution in [0.15, 0.2) is 54.7 Å². The Morgan fingerprint density at radius 1 is 1.06 bits per heavy atom. The molecule has 3 aromatic rings.